The van der Waals surface area contributed by atoms with Crippen LogP contribution in [0, 0.1) is 19.7 Å². The molecule has 1 aliphatic rings. The number of halogens is 1. The topological polar surface area (TPSA) is 66.8 Å². The largest absolute Gasteiger partial charge is 0.494 e. The molecule has 1 atom stereocenters. The lowest BCUT2D eigenvalue weighted by atomic mass is 10.0. The summed E-state index contributed by atoms with van der Waals surface area (Å²) in [4.78, 5) is 0.185. The van der Waals surface area contributed by atoms with Crippen LogP contribution in [0.4, 0.5) is 10.1 Å². The zero-order valence-electron chi connectivity index (χ0n) is 15.0. The molecule has 5 nitrogen and oxygen atoms in total. The molecule has 0 bridgehead atoms. The minimum absolute atomic E-state index is 0.133. The van der Waals surface area contributed by atoms with Gasteiger partial charge >= 0.3 is 0 Å². The first-order valence-corrected chi connectivity index (χ1v) is 9.94. The minimum atomic E-state index is -3.85. The van der Waals surface area contributed by atoms with Crippen molar-refractivity contribution in [2.75, 3.05) is 17.5 Å². The van der Waals surface area contributed by atoms with Crippen molar-refractivity contribution in [3.05, 3.63) is 52.8 Å². The van der Waals surface area contributed by atoms with E-state index in [0.717, 1.165) is 5.56 Å². The maximum absolute atomic E-state index is 13.6. The molecular formula is C19H22FNO4S. The number of rotatable bonds is 4. The van der Waals surface area contributed by atoms with Crippen molar-refractivity contribution in [1.29, 1.82) is 0 Å². The maximum atomic E-state index is 13.6. The Kier molecular flexibility index (Phi) is 4.94. The fraction of sp³-hybridized carbons (Fsp3) is 0.368. The molecule has 2 aromatic carbocycles. The molecule has 26 heavy (non-hydrogen) atoms. The molecule has 0 saturated carbocycles. The van der Waals surface area contributed by atoms with Crippen LogP contribution in [0.5, 0.6) is 5.75 Å². The predicted octanol–water partition coefficient (Wildman–Crippen LogP) is 3.47. The third kappa shape index (κ3) is 3.17. The van der Waals surface area contributed by atoms with Gasteiger partial charge in [-0.15, -0.1) is 0 Å². The van der Waals surface area contributed by atoms with E-state index in [9.17, 15) is 17.9 Å². The minimum Gasteiger partial charge on any atom is -0.494 e. The summed E-state index contributed by atoms with van der Waals surface area (Å²) in [7, 11) is -3.85. The molecule has 1 N–H and O–H groups in total. The molecule has 0 aliphatic carbocycles. The van der Waals surface area contributed by atoms with Crippen molar-refractivity contribution in [3.8, 4) is 5.75 Å². The molecule has 0 aromatic heterocycles. The molecule has 0 fully saturated rings. The van der Waals surface area contributed by atoms with Crippen LogP contribution in [0.2, 0.25) is 0 Å². The zero-order chi connectivity index (χ0) is 19.1. The number of hydrogen-bond acceptors (Lipinski definition) is 4. The van der Waals surface area contributed by atoms with Crippen LogP contribution in [-0.4, -0.2) is 26.7 Å². The van der Waals surface area contributed by atoms with E-state index in [2.05, 4.69) is 0 Å². The lowest BCUT2D eigenvalue weighted by Crippen LogP contribution is -2.37. The Morgan fingerprint density at radius 1 is 1.23 bits per heavy atom. The van der Waals surface area contributed by atoms with Gasteiger partial charge in [-0.05, 0) is 68.7 Å². The van der Waals surface area contributed by atoms with Crippen LogP contribution in [-0.2, 0) is 10.0 Å². The number of aliphatic hydroxyl groups excluding tert-OH is 1. The summed E-state index contributed by atoms with van der Waals surface area (Å²) in [6.07, 6.45) is -0.666. The number of aryl methyl sites for hydroxylation is 2. The monoisotopic (exact) mass is 379 g/mol. The molecule has 1 unspecified atom stereocenters. The number of anilines is 1. The van der Waals surface area contributed by atoms with E-state index in [1.807, 2.05) is 6.92 Å². The van der Waals surface area contributed by atoms with Crippen molar-refractivity contribution in [2.24, 2.45) is 0 Å². The SMILES string of the molecule is CCOc1cc(C)c(S(=O)(=O)N2CCC(O)c3cc(F)ccc32)cc1C. The number of ether oxygens (including phenoxy) is 1. The molecule has 0 amide bonds. The van der Waals surface area contributed by atoms with Crippen LogP contribution in [0.3, 0.4) is 0 Å². The molecule has 3 rings (SSSR count). The van der Waals surface area contributed by atoms with Crippen LogP contribution < -0.4 is 9.04 Å². The van der Waals surface area contributed by atoms with Crippen molar-refractivity contribution in [2.45, 2.75) is 38.2 Å². The van der Waals surface area contributed by atoms with Crippen LogP contribution in [0.25, 0.3) is 0 Å². The normalized spacial score (nSPS) is 17.1. The van der Waals surface area contributed by atoms with Gasteiger partial charge in [0, 0.05) is 12.1 Å². The molecule has 7 heteroatoms. The van der Waals surface area contributed by atoms with Crippen LogP contribution >= 0.6 is 0 Å². The second kappa shape index (κ2) is 6.89. The van der Waals surface area contributed by atoms with Gasteiger partial charge in [0.15, 0.2) is 0 Å². The summed E-state index contributed by atoms with van der Waals surface area (Å²) in [6.45, 7) is 6.02. The first-order chi connectivity index (χ1) is 12.3. The lowest BCUT2D eigenvalue weighted by Gasteiger charge is -2.33. The highest BCUT2D eigenvalue weighted by atomic mass is 32.2. The first-order valence-electron chi connectivity index (χ1n) is 8.50. The number of nitrogens with zero attached hydrogens (tertiary/aromatic N) is 1. The van der Waals surface area contributed by atoms with Crippen molar-refractivity contribution >= 4 is 15.7 Å². The fourth-order valence-corrected chi connectivity index (χ4v) is 5.06. The van der Waals surface area contributed by atoms with Gasteiger partial charge in [-0.2, -0.15) is 0 Å². The molecule has 2 aromatic rings. The average molecular weight is 379 g/mol. The molecule has 1 aliphatic heterocycles. The van der Waals surface area contributed by atoms with Gasteiger partial charge in [0.25, 0.3) is 10.0 Å². The van der Waals surface area contributed by atoms with Gasteiger partial charge in [0.1, 0.15) is 11.6 Å². The van der Waals surface area contributed by atoms with E-state index >= 15 is 0 Å². The predicted molar refractivity (Wildman–Crippen MR) is 97.6 cm³/mol. The first kappa shape index (κ1) is 18.7. The van der Waals surface area contributed by atoms with Crippen LogP contribution in [0.1, 0.15) is 36.1 Å². The van der Waals surface area contributed by atoms with Gasteiger partial charge in [0.05, 0.1) is 23.3 Å². The summed E-state index contributed by atoms with van der Waals surface area (Å²) in [6, 6.07) is 7.12. The highest BCUT2D eigenvalue weighted by molar-refractivity contribution is 7.92. The average Bonchev–Trinajstić information content (AvgIpc) is 2.58. The van der Waals surface area contributed by atoms with E-state index in [-0.39, 0.29) is 17.9 Å². The number of aliphatic hydroxyl groups is 1. The Hall–Kier alpha value is -2.12. The Morgan fingerprint density at radius 3 is 2.65 bits per heavy atom. The van der Waals surface area contributed by atoms with E-state index in [4.69, 9.17) is 4.74 Å². The smallest absolute Gasteiger partial charge is 0.264 e. The Labute approximate surface area is 153 Å². The Bertz CT molecular complexity index is 943. The number of benzene rings is 2. The lowest BCUT2D eigenvalue weighted by molar-refractivity contribution is 0.166. The van der Waals surface area contributed by atoms with Crippen molar-refractivity contribution < 1.29 is 22.7 Å². The summed E-state index contributed by atoms with van der Waals surface area (Å²) >= 11 is 0. The van der Waals surface area contributed by atoms with Gasteiger partial charge in [0.2, 0.25) is 0 Å². The number of fused-ring (bicyclic) bond motifs is 1. The van der Waals surface area contributed by atoms with Crippen molar-refractivity contribution in [1.82, 2.24) is 0 Å². The van der Waals surface area contributed by atoms with E-state index in [1.165, 1.54) is 22.5 Å². The summed E-state index contributed by atoms with van der Waals surface area (Å²) in [5.74, 6) is 0.149. The van der Waals surface area contributed by atoms with Gasteiger partial charge in [-0.25, -0.2) is 12.8 Å². The molecular weight excluding hydrogens is 357 g/mol. The second-order valence-corrected chi connectivity index (χ2v) is 8.23. The number of sulfonamides is 1. The highest BCUT2D eigenvalue weighted by Gasteiger charge is 2.33. The third-order valence-electron chi connectivity index (χ3n) is 4.56. The molecule has 0 spiro atoms. The second-order valence-electron chi connectivity index (χ2n) is 6.40. The van der Waals surface area contributed by atoms with E-state index in [0.29, 0.717) is 29.2 Å². The number of hydrogen-bond donors (Lipinski definition) is 1. The van der Waals surface area contributed by atoms with Crippen molar-refractivity contribution in [3.63, 3.8) is 0 Å². The van der Waals surface area contributed by atoms with E-state index in [1.54, 1.807) is 26.0 Å². The quantitative estimate of drug-likeness (QED) is 0.883. The molecule has 0 radical (unpaired) electrons. The van der Waals surface area contributed by atoms with Gasteiger partial charge in [-0.3, -0.25) is 4.31 Å². The van der Waals surface area contributed by atoms with Gasteiger partial charge in [-0.1, -0.05) is 0 Å². The zero-order valence-corrected chi connectivity index (χ0v) is 15.8. The molecule has 1 heterocycles. The van der Waals surface area contributed by atoms with E-state index < -0.39 is 21.9 Å². The summed E-state index contributed by atoms with van der Waals surface area (Å²) in [5, 5.41) is 10.1. The van der Waals surface area contributed by atoms with Crippen LogP contribution in [0.15, 0.2) is 35.2 Å². The third-order valence-corrected chi connectivity index (χ3v) is 6.52. The highest BCUT2D eigenvalue weighted by Crippen LogP contribution is 2.38. The summed E-state index contributed by atoms with van der Waals surface area (Å²) in [5.41, 5.74) is 1.91. The fourth-order valence-electron chi connectivity index (χ4n) is 3.26. The Morgan fingerprint density at radius 2 is 1.96 bits per heavy atom. The molecule has 0 saturated heterocycles. The summed E-state index contributed by atoms with van der Waals surface area (Å²) < 4.78 is 46.9. The standard InChI is InChI=1S/C19H22FNO4S/c1-4-25-18-9-13(3)19(10-12(18)2)26(23,24)21-8-7-17(22)15-11-14(20)5-6-16(15)21/h5-6,9-11,17,22H,4,7-8H2,1-3H3. The Balaban J connectivity index is 2.10. The van der Waals surface area contributed by atoms with Gasteiger partial charge < -0.3 is 9.84 Å². The molecule has 140 valence electrons. The maximum Gasteiger partial charge on any atom is 0.264 e.